The Kier molecular flexibility index (Phi) is 5.95. The van der Waals surface area contributed by atoms with Crippen LogP contribution in [0.4, 0.5) is 5.69 Å². The van der Waals surface area contributed by atoms with E-state index in [0.29, 0.717) is 43.8 Å². The van der Waals surface area contributed by atoms with Gasteiger partial charge in [-0.25, -0.2) is 17.5 Å². The average Bonchev–Trinajstić information content (AvgIpc) is 2.55. The first-order valence-corrected chi connectivity index (χ1v) is 9.69. The molecule has 0 saturated carbocycles. The molecule has 24 heavy (non-hydrogen) atoms. The minimum Gasteiger partial charge on any atom is -0.462 e. The third-order valence-electron chi connectivity index (χ3n) is 3.96. The first-order chi connectivity index (χ1) is 11.3. The minimum atomic E-state index is -3.19. The third-order valence-corrected chi connectivity index (χ3v) is 5.26. The van der Waals surface area contributed by atoms with Gasteiger partial charge in [0.15, 0.2) is 0 Å². The predicted molar refractivity (Wildman–Crippen MR) is 90.2 cm³/mol. The number of anilines is 1. The van der Waals surface area contributed by atoms with E-state index in [1.54, 1.807) is 31.2 Å². The highest BCUT2D eigenvalue weighted by Gasteiger charge is 2.28. The van der Waals surface area contributed by atoms with Crippen molar-refractivity contribution in [3.8, 4) is 0 Å². The number of ether oxygens (including phenoxy) is 1. The van der Waals surface area contributed by atoms with Gasteiger partial charge in [-0.2, -0.15) is 0 Å². The van der Waals surface area contributed by atoms with Crippen LogP contribution in [0, 0.1) is 5.92 Å². The van der Waals surface area contributed by atoms with Crippen LogP contribution in [0.3, 0.4) is 0 Å². The predicted octanol–water partition coefficient (Wildman–Crippen LogP) is 1.47. The normalized spacial score (nSPS) is 16.6. The number of piperidine rings is 1. The third kappa shape index (κ3) is 4.78. The van der Waals surface area contributed by atoms with E-state index in [-0.39, 0.29) is 11.8 Å². The first-order valence-electron chi connectivity index (χ1n) is 7.84. The van der Waals surface area contributed by atoms with E-state index >= 15 is 0 Å². The monoisotopic (exact) mass is 354 g/mol. The maximum atomic E-state index is 12.3. The number of benzene rings is 1. The van der Waals surface area contributed by atoms with Gasteiger partial charge in [-0.3, -0.25) is 4.79 Å². The number of nitrogens with one attached hydrogen (secondary N) is 1. The van der Waals surface area contributed by atoms with Crippen LogP contribution in [0.2, 0.25) is 0 Å². The van der Waals surface area contributed by atoms with Crippen LogP contribution in [0.5, 0.6) is 0 Å². The molecule has 1 saturated heterocycles. The molecule has 0 atom stereocenters. The van der Waals surface area contributed by atoms with Crippen molar-refractivity contribution in [2.24, 2.45) is 5.92 Å². The smallest absolute Gasteiger partial charge is 0.338 e. The lowest BCUT2D eigenvalue weighted by Crippen LogP contribution is -2.40. The fraction of sp³-hybridized carbons (Fsp3) is 0.500. The van der Waals surface area contributed by atoms with Crippen LogP contribution in [0.15, 0.2) is 24.3 Å². The highest BCUT2D eigenvalue weighted by atomic mass is 32.2. The molecule has 0 spiro atoms. The summed E-state index contributed by atoms with van der Waals surface area (Å²) in [5.74, 6) is -0.747. The van der Waals surface area contributed by atoms with Crippen molar-refractivity contribution in [2.75, 3.05) is 31.3 Å². The molecule has 2 rings (SSSR count). The summed E-state index contributed by atoms with van der Waals surface area (Å²) >= 11 is 0. The number of hydrogen-bond donors (Lipinski definition) is 1. The van der Waals surface area contributed by atoms with Gasteiger partial charge in [0, 0.05) is 24.7 Å². The molecule has 0 radical (unpaired) electrons. The Morgan fingerprint density at radius 2 is 1.79 bits per heavy atom. The van der Waals surface area contributed by atoms with Gasteiger partial charge in [0.05, 0.1) is 18.4 Å². The number of hydrogen-bond acceptors (Lipinski definition) is 5. The lowest BCUT2D eigenvalue weighted by Gasteiger charge is -2.29. The fourth-order valence-electron chi connectivity index (χ4n) is 2.60. The highest BCUT2D eigenvalue weighted by molar-refractivity contribution is 7.88. The van der Waals surface area contributed by atoms with Crippen molar-refractivity contribution in [2.45, 2.75) is 19.8 Å². The van der Waals surface area contributed by atoms with Crippen LogP contribution in [0.25, 0.3) is 0 Å². The number of nitrogens with zero attached hydrogens (tertiary/aromatic N) is 1. The van der Waals surface area contributed by atoms with Crippen LogP contribution >= 0.6 is 0 Å². The topological polar surface area (TPSA) is 92.8 Å². The van der Waals surface area contributed by atoms with E-state index in [4.69, 9.17) is 4.74 Å². The number of sulfonamides is 1. The van der Waals surface area contributed by atoms with Gasteiger partial charge in [-0.1, -0.05) is 0 Å². The number of amides is 1. The molecule has 1 aliphatic rings. The number of carbonyl (C=O) groups is 2. The second kappa shape index (κ2) is 7.76. The van der Waals surface area contributed by atoms with Crippen molar-refractivity contribution in [1.82, 2.24) is 4.31 Å². The maximum absolute atomic E-state index is 12.3. The summed E-state index contributed by atoms with van der Waals surface area (Å²) in [6.45, 7) is 2.77. The minimum absolute atomic E-state index is 0.132. The van der Waals surface area contributed by atoms with Gasteiger partial charge in [-0.05, 0) is 44.0 Å². The Morgan fingerprint density at radius 3 is 2.29 bits per heavy atom. The second-order valence-electron chi connectivity index (χ2n) is 5.72. The fourth-order valence-corrected chi connectivity index (χ4v) is 3.47. The van der Waals surface area contributed by atoms with Crippen LogP contribution in [0.1, 0.15) is 30.1 Å². The Bertz CT molecular complexity index is 692. The van der Waals surface area contributed by atoms with E-state index in [9.17, 15) is 18.0 Å². The van der Waals surface area contributed by atoms with Crippen LogP contribution < -0.4 is 5.32 Å². The molecule has 0 unspecified atom stereocenters. The van der Waals surface area contributed by atoms with Gasteiger partial charge in [-0.15, -0.1) is 0 Å². The number of carbonyl (C=O) groups excluding carboxylic acids is 2. The Hall–Kier alpha value is -1.93. The number of rotatable bonds is 5. The summed E-state index contributed by atoms with van der Waals surface area (Å²) < 4.78 is 29.2. The standard InChI is InChI=1S/C16H22N2O5S/c1-3-23-16(20)13-4-6-14(7-5-13)17-15(19)12-8-10-18(11-9-12)24(2,21)22/h4-7,12H,3,8-11H2,1-2H3,(H,17,19). The van der Waals surface area contributed by atoms with E-state index < -0.39 is 16.0 Å². The average molecular weight is 354 g/mol. The Morgan fingerprint density at radius 1 is 1.21 bits per heavy atom. The molecule has 8 heteroatoms. The zero-order chi connectivity index (χ0) is 17.7. The van der Waals surface area contributed by atoms with E-state index in [0.717, 1.165) is 0 Å². The zero-order valence-electron chi connectivity index (χ0n) is 13.8. The zero-order valence-corrected chi connectivity index (χ0v) is 14.6. The molecular weight excluding hydrogens is 332 g/mol. The molecule has 1 N–H and O–H groups in total. The summed E-state index contributed by atoms with van der Waals surface area (Å²) in [6, 6.07) is 6.49. The van der Waals surface area contributed by atoms with Gasteiger partial charge < -0.3 is 10.1 Å². The maximum Gasteiger partial charge on any atom is 0.338 e. The molecule has 0 aliphatic carbocycles. The molecule has 132 valence electrons. The Labute approximate surface area is 142 Å². The molecule has 1 amide bonds. The molecule has 7 nitrogen and oxygen atoms in total. The molecule has 0 aromatic heterocycles. The summed E-state index contributed by atoms with van der Waals surface area (Å²) in [6.07, 6.45) is 2.18. The van der Waals surface area contributed by atoms with Gasteiger partial charge in [0.1, 0.15) is 0 Å². The molecule has 1 aromatic rings. The SMILES string of the molecule is CCOC(=O)c1ccc(NC(=O)C2CCN(S(C)(=O)=O)CC2)cc1. The quantitative estimate of drug-likeness (QED) is 0.809. The summed E-state index contributed by atoms with van der Waals surface area (Å²) in [5.41, 5.74) is 1.02. The molecule has 1 aromatic carbocycles. The van der Waals surface area contributed by atoms with Crippen molar-refractivity contribution in [3.05, 3.63) is 29.8 Å². The largest absolute Gasteiger partial charge is 0.462 e. The summed E-state index contributed by atoms with van der Waals surface area (Å²) in [5, 5.41) is 2.80. The van der Waals surface area contributed by atoms with Gasteiger partial charge in [0.25, 0.3) is 0 Å². The van der Waals surface area contributed by atoms with Gasteiger partial charge >= 0.3 is 5.97 Å². The van der Waals surface area contributed by atoms with Crippen molar-refractivity contribution in [1.29, 1.82) is 0 Å². The lowest BCUT2D eigenvalue weighted by atomic mass is 9.97. The van der Waals surface area contributed by atoms with Crippen molar-refractivity contribution >= 4 is 27.6 Å². The molecule has 1 heterocycles. The van der Waals surface area contributed by atoms with Gasteiger partial charge in [0.2, 0.25) is 15.9 Å². The molecular formula is C16H22N2O5S. The van der Waals surface area contributed by atoms with E-state index in [1.807, 2.05) is 0 Å². The van der Waals surface area contributed by atoms with Crippen molar-refractivity contribution < 1.29 is 22.7 Å². The first kappa shape index (κ1) is 18.4. The molecule has 0 bridgehead atoms. The second-order valence-corrected chi connectivity index (χ2v) is 7.71. The van der Waals surface area contributed by atoms with Crippen LogP contribution in [-0.4, -0.2) is 50.6 Å². The summed E-state index contributed by atoms with van der Waals surface area (Å²) in [4.78, 5) is 23.8. The summed E-state index contributed by atoms with van der Waals surface area (Å²) in [7, 11) is -3.19. The molecule has 1 fully saturated rings. The van der Waals surface area contributed by atoms with Crippen molar-refractivity contribution in [3.63, 3.8) is 0 Å². The molecule has 1 aliphatic heterocycles. The Balaban J connectivity index is 1.90. The highest BCUT2D eigenvalue weighted by Crippen LogP contribution is 2.21. The number of esters is 1. The van der Waals surface area contributed by atoms with E-state index in [2.05, 4.69) is 5.32 Å². The van der Waals surface area contributed by atoms with E-state index in [1.165, 1.54) is 10.6 Å². The van der Waals surface area contributed by atoms with Crippen LogP contribution in [-0.2, 0) is 19.6 Å². The lowest BCUT2D eigenvalue weighted by molar-refractivity contribution is -0.120.